The zero-order valence-corrected chi connectivity index (χ0v) is 16.1. The van der Waals surface area contributed by atoms with Crippen LogP contribution < -0.4 is 21.3 Å². The quantitative estimate of drug-likeness (QED) is 0.302. The minimum atomic E-state index is -0.375. The van der Waals surface area contributed by atoms with Crippen molar-refractivity contribution < 1.29 is 14.3 Å². The van der Waals surface area contributed by atoms with Gasteiger partial charge in [-0.05, 0) is 55.3 Å². The van der Waals surface area contributed by atoms with Gasteiger partial charge < -0.3 is 10.5 Å². The van der Waals surface area contributed by atoms with E-state index in [2.05, 4.69) is 21.1 Å². The highest BCUT2D eigenvalue weighted by atomic mass is 16.5. The number of nitrogen functional groups attached to an aromatic ring is 1. The zero-order chi connectivity index (χ0) is 20.8. The highest BCUT2D eigenvalue weighted by Gasteiger charge is 2.18. The number of anilines is 1. The summed E-state index contributed by atoms with van der Waals surface area (Å²) in [5.74, 6) is -0.0717. The van der Waals surface area contributed by atoms with Gasteiger partial charge in [-0.2, -0.15) is 10.2 Å². The van der Waals surface area contributed by atoms with Crippen LogP contribution >= 0.6 is 0 Å². The average molecular weight is 391 g/mol. The Morgan fingerprint density at radius 2 is 1.90 bits per heavy atom. The molecule has 3 rings (SSSR count). The summed E-state index contributed by atoms with van der Waals surface area (Å²) >= 11 is 0. The van der Waals surface area contributed by atoms with Crippen molar-refractivity contribution in [3.05, 3.63) is 65.2 Å². The lowest BCUT2D eigenvalue weighted by Crippen LogP contribution is -2.25. The van der Waals surface area contributed by atoms with Crippen molar-refractivity contribution in [1.29, 1.82) is 0 Å². The van der Waals surface area contributed by atoms with Gasteiger partial charge in [0.1, 0.15) is 5.75 Å². The Kier molecular flexibility index (Phi) is 6.03. The van der Waals surface area contributed by atoms with Crippen LogP contribution in [0.15, 0.2) is 64.3 Å². The Morgan fingerprint density at radius 1 is 1.21 bits per heavy atom. The third-order valence-electron chi connectivity index (χ3n) is 4.20. The van der Waals surface area contributed by atoms with Gasteiger partial charge >= 0.3 is 0 Å². The fourth-order valence-electron chi connectivity index (χ4n) is 2.53. The molecule has 2 aromatic rings. The van der Waals surface area contributed by atoms with Crippen molar-refractivity contribution in [2.75, 3.05) is 12.3 Å². The first kappa shape index (κ1) is 19.8. The summed E-state index contributed by atoms with van der Waals surface area (Å²) in [5, 5.41) is 7.94. The Hall–Kier alpha value is -3.94. The summed E-state index contributed by atoms with van der Waals surface area (Å²) in [6.07, 6.45) is 1.74. The van der Waals surface area contributed by atoms with E-state index in [-0.39, 0.29) is 18.4 Å². The summed E-state index contributed by atoms with van der Waals surface area (Å²) in [4.78, 5) is 23.6. The van der Waals surface area contributed by atoms with Crippen LogP contribution in [0.2, 0.25) is 0 Å². The van der Waals surface area contributed by atoms with Crippen LogP contribution in [0.25, 0.3) is 6.08 Å². The minimum Gasteiger partial charge on any atom is -0.484 e. The van der Waals surface area contributed by atoms with Gasteiger partial charge in [-0.3, -0.25) is 9.59 Å². The number of carbonyl (C=O) groups is 2. The molecule has 0 saturated carbocycles. The van der Waals surface area contributed by atoms with Crippen LogP contribution in [-0.4, -0.2) is 29.8 Å². The van der Waals surface area contributed by atoms with Crippen molar-refractivity contribution in [2.45, 2.75) is 13.8 Å². The second kappa shape index (κ2) is 8.83. The number of nitrogens with one attached hydrogen (secondary N) is 2. The van der Waals surface area contributed by atoms with Crippen LogP contribution in [0.5, 0.6) is 5.75 Å². The van der Waals surface area contributed by atoms with E-state index >= 15 is 0 Å². The van der Waals surface area contributed by atoms with Gasteiger partial charge in [0.05, 0.1) is 17.0 Å². The first-order chi connectivity index (χ1) is 13.9. The lowest BCUT2D eigenvalue weighted by Gasteiger charge is -2.06. The van der Waals surface area contributed by atoms with Gasteiger partial charge in [-0.25, -0.2) is 10.9 Å². The Balaban J connectivity index is 1.52. The third-order valence-corrected chi connectivity index (χ3v) is 4.20. The average Bonchev–Trinajstić information content (AvgIpc) is 3.04. The predicted octanol–water partition coefficient (Wildman–Crippen LogP) is 2.08. The maximum atomic E-state index is 11.9. The molecule has 0 aliphatic carbocycles. The van der Waals surface area contributed by atoms with Crippen LogP contribution in [0.1, 0.15) is 25.0 Å². The summed E-state index contributed by atoms with van der Waals surface area (Å²) in [7, 11) is 0. The minimum absolute atomic E-state index is 0.173. The van der Waals surface area contributed by atoms with E-state index < -0.39 is 0 Å². The molecule has 29 heavy (non-hydrogen) atoms. The highest BCUT2D eigenvalue weighted by molar-refractivity contribution is 6.26. The summed E-state index contributed by atoms with van der Waals surface area (Å²) < 4.78 is 5.47. The first-order valence-electron chi connectivity index (χ1n) is 8.91. The Morgan fingerprint density at radius 3 is 2.52 bits per heavy atom. The molecule has 148 valence electrons. The Bertz CT molecular complexity index is 1010. The number of benzene rings is 2. The van der Waals surface area contributed by atoms with Gasteiger partial charge in [0.15, 0.2) is 6.61 Å². The molecule has 2 amide bonds. The molecular weight excluding hydrogens is 370 g/mol. The van der Waals surface area contributed by atoms with Crippen molar-refractivity contribution >= 4 is 35.0 Å². The lowest BCUT2D eigenvalue weighted by molar-refractivity contribution is -0.123. The molecule has 0 saturated heterocycles. The summed E-state index contributed by atoms with van der Waals surface area (Å²) in [6.45, 7) is 3.38. The van der Waals surface area contributed by atoms with E-state index in [1.807, 2.05) is 12.1 Å². The zero-order valence-electron chi connectivity index (χ0n) is 16.1. The number of hydrogen-bond acceptors (Lipinski definition) is 6. The van der Waals surface area contributed by atoms with Gasteiger partial charge in [0.2, 0.25) is 0 Å². The number of amides is 2. The van der Waals surface area contributed by atoms with E-state index in [0.717, 1.165) is 11.1 Å². The number of nitrogens with two attached hydrogens (primary N) is 1. The number of nitrogens with zero attached hydrogens (tertiary/aromatic N) is 2. The summed E-state index contributed by atoms with van der Waals surface area (Å²) in [6, 6.07) is 14.2. The predicted molar refractivity (Wildman–Crippen MR) is 112 cm³/mol. The molecule has 0 radical (unpaired) electrons. The number of hydrazone groups is 2. The Labute approximate surface area is 168 Å². The smallest absolute Gasteiger partial charge is 0.277 e. The standard InChI is InChI=1S/C21H21N5O3/c1-13(16-5-7-17(22)8-6-16)23-25-20(27)12-29-18-9-3-15(4-10-18)11-19-14(2)24-26-21(19)28/h3-11H,12,22H2,1-2H3,(H,25,27)(H,26,28)/b19-11-,23-13+. The molecule has 0 aromatic heterocycles. The molecule has 8 heteroatoms. The number of carbonyl (C=O) groups excluding carboxylic acids is 2. The monoisotopic (exact) mass is 391 g/mol. The topological polar surface area (TPSA) is 118 Å². The van der Waals surface area contributed by atoms with Crippen LogP contribution in [0.3, 0.4) is 0 Å². The lowest BCUT2D eigenvalue weighted by atomic mass is 10.1. The largest absolute Gasteiger partial charge is 0.484 e. The molecule has 0 spiro atoms. The van der Waals surface area contributed by atoms with E-state index in [1.165, 1.54) is 0 Å². The summed E-state index contributed by atoms with van der Waals surface area (Å²) in [5.41, 5.74) is 14.7. The van der Waals surface area contributed by atoms with E-state index in [4.69, 9.17) is 10.5 Å². The number of ether oxygens (including phenoxy) is 1. The molecule has 2 aromatic carbocycles. The maximum absolute atomic E-state index is 11.9. The third kappa shape index (κ3) is 5.29. The first-order valence-corrected chi connectivity index (χ1v) is 8.91. The van der Waals surface area contributed by atoms with Crippen LogP contribution in [-0.2, 0) is 9.59 Å². The molecular formula is C21H21N5O3. The number of hydrogen-bond donors (Lipinski definition) is 3. The van der Waals surface area contributed by atoms with E-state index in [0.29, 0.717) is 28.4 Å². The molecule has 0 unspecified atom stereocenters. The molecule has 4 N–H and O–H groups in total. The van der Waals surface area contributed by atoms with Gasteiger partial charge in [-0.15, -0.1) is 0 Å². The second-order valence-electron chi connectivity index (χ2n) is 6.41. The molecule has 1 heterocycles. The highest BCUT2D eigenvalue weighted by Crippen LogP contribution is 2.16. The van der Waals surface area contributed by atoms with Crippen molar-refractivity contribution in [1.82, 2.24) is 10.9 Å². The molecule has 0 bridgehead atoms. The normalized spacial score (nSPS) is 15.1. The molecule has 1 aliphatic heterocycles. The SMILES string of the molecule is CC1=NNC(=O)/C1=C\c1ccc(OCC(=O)N/N=C(\C)c2ccc(N)cc2)cc1. The van der Waals surface area contributed by atoms with Gasteiger partial charge in [-0.1, -0.05) is 24.3 Å². The van der Waals surface area contributed by atoms with E-state index in [9.17, 15) is 9.59 Å². The van der Waals surface area contributed by atoms with Crippen molar-refractivity contribution in [3.8, 4) is 5.75 Å². The van der Waals surface area contributed by atoms with Crippen molar-refractivity contribution in [2.24, 2.45) is 10.2 Å². The van der Waals surface area contributed by atoms with Gasteiger partial charge in [0, 0.05) is 5.69 Å². The maximum Gasteiger partial charge on any atom is 0.277 e. The number of rotatable bonds is 6. The second-order valence-corrected chi connectivity index (χ2v) is 6.41. The molecule has 0 fully saturated rings. The molecule has 0 atom stereocenters. The van der Waals surface area contributed by atoms with Crippen molar-refractivity contribution in [3.63, 3.8) is 0 Å². The van der Waals surface area contributed by atoms with E-state index in [1.54, 1.807) is 56.3 Å². The fraction of sp³-hybridized carbons (Fsp3) is 0.143. The fourth-order valence-corrected chi connectivity index (χ4v) is 2.53. The van der Waals surface area contributed by atoms with Crippen LogP contribution in [0, 0.1) is 0 Å². The van der Waals surface area contributed by atoms with Crippen LogP contribution in [0.4, 0.5) is 5.69 Å². The molecule has 8 nitrogen and oxygen atoms in total. The molecule has 1 aliphatic rings. The van der Waals surface area contributed by atoms with Gasteiger partial charge in [0.25, 0.3) is 11.8 Å².